The summed E-state index contributed by atoms with van der Waals surface area (Å²) in [4.78, 5) is 20.2. The molecule has 98 valence electrons. The van der Waals surface area contributed by atoms with Gasteiger partial charge in [0, 0.05) is 10.2 Å². The fourth-order valence-electron chi connectivity index (χ4n) is 1.37. The molecule has 0 bridgehead atoms. The highest BCUT2D eigenvalue weighted by atomic mass is 79.9. The largest absolute Gasteiger partial charge is 0.321 e. The van der Waals surface area contributed by atoms with Crippen molar-refractivity contribution in [3.8, 4) is 0 Å². The molecule has 1 aromatic heterocycles. The van der Waals surface area contributed by atoms with Crippen LogP contribution in [0.3, 0.4) is 0 Å². The van der Waals surface area contributed by atoms with Crippen molar-refractivity contribution in [1.82, 2.24) is 9.97 Å². The van der Waals surface area contributed by atoms with Gasteiger partial charge in [-0.15, -0.1) is 0 Å². The van der Waals surface area contributed by atoms with E-state index in [1.807, 2.05) is 18.4 Å². The van der Waals surface area contributed by atoms with Crippen molar-refractivity contribution in [3.05, 3.63) is 45.7 Å². The fraction of sp³-hybridized carbons (Fsp3) is 0.0833. The summed E-state index contributed by atoms with van der Waals surface area (Å²) in [6, 6.07) is 7.28. The molecule has 19 heavy (non-hydrogen) atoms. The van der Waals surface area contributed by atoms with Crippen molar-refractivity contribution in [1.29, 1.82) is 0 Å². The lowest BCUT2D eigenvalue weighted by atomic mass is 10.3. The number of thioether (sulfide) groups is 1. The quantitative estimate of drug-likeness (QED) is 0.668. The Bertz CT molecular complexity index is 624. The van der Waals surface area contributed by atoms with Crippen molar-refractivity contribution >= 4 is 50.9 Å². The van der Waals surface area contributed by atoms with E-state index in [0.717, 1.165) is 4.47 Å². The molecule has 0 fully saturated rings. The number of carbonyl (C=O) groups excluding carboxylic acids is 1. The van der Waals surface area contributed by atoms with E-state index < -0.39 is 0 Å². The molecule has 0 aliphatic carbocycles. The molecule has 0 spiro atoms. The lowest BCUT2D eigenvalue weighted by Gasteiger charge is -2.07. The Morgan fingerprint density at radius 2 is 2.26 bits per heavy atom. The van der Waals surface area contributed by atoms with Crippen molar-refractivity contribution in [2.45, 2.75) is 5.16 Å². The van der Waals surface area contributed by atoms with Gasteiger partial charge in [0.15, 0.2) is 10.9 Å². The SMILES string of the molecule is CSc1ncc(Cl)c(C(=O)Nc2cccc(Br)c2)n1. The lowest BCUT2D eigenvalue weighted by molar-refractivity contribution is 0.102. The second-order valence-electron chi connectivity index (χ2n) is 3.52. The summed E-state index contributed by atoms with van der Waals surface area (Å²) in [6.07, 6.45) is 3.26. The van der Waals surface area contributed by atoms with Gasteiger partial charge in [-0.2, -0.15) is 0 Å². The number of hydrogen-bond acceptors (Lipinski definition) is 4. The van der Waals surface area contributed by atoms with Crippen LogP contribution >= 0.6 is 39.3 Å². The van der Waals surface area contributed by atoms with Gasteiger partial charge >= 0.3 is 0 Å². The molecule has 1 heterocycles. The molecule has 1 aromatic carbocycles. The first-order chi connectivity index (χ1) is 9.10. The summed E-state index contributed by atoms with van der Waals surface area (Å²) < 4.78 is 0.879. The van der Waals surface area contributed by atoms with E-state index in [0.29, 0.717) is 10.8 Å². The van der Waals surface area contributed by atoms with E-state index in [1.165, 1.54) is 18.0 Å². The van der Waals surface area contributed by atoms with Gasteiger partial charge in [0.1, 0.15) is 0 Å². The van der Waals surface area contributed by atoms with Crippen LogP contribution in [0.15, 0.2) is 40.1 Å². The lowest BCUT2D eigenvalue weighted by Crippen LogP contribution is -2.15. The predicted octanol–water partition coefficient (Wildman–Crippen LogP) is 3.87. The molecule has 1 amide bonds. The van der Waals surface area contributed by atoms with Gasteiger partial charge in [-0.3, -0.25) is 4.79 Å². The predicted molar refractivity (Wildman–Crippen MR) is 80.9 cm³/mol. The van der Waals surface area contributed by atoms with Crippen LogP contribution in [0.2, 0.25) is 5.02 Å². The van der Waals surface area contributed by atoms with Crippen LogP contribution in [-0.4, -0.2) is 22.1 Å². The molecule has 0 saturated heterocycles. The average Bonchev–Trinajstić information content (AvgIpc) is 2.39. The standard InChI is InChI=1S/C12H9BrClN3OS/c1-19-12-15-6-9(14)10(17-12)11(18)16-8-4-2-3-7(13)5-8/h2-6H,1H3,(H,16,18). The van der Waals surface area contributed by atoms with Crippen molar-refractivity contribution in [3.63, 3.8) is 0 Å². The third-order valence-corrected chi connectivity index (χ3v) is 3.53. The van der Waals surface area contributed by atoms with Crippen molar-refractivity contribution in [2.24, 2.45) is 0 Å². The smallest absolute Gasteiger partial charge is 0.275 e. The zero-order valence-corrected chi connectivity index (χ0v) is 13.0. The molecule has 1 N–H and O–H groups in total. The Kier molecular flexibility index (Phi) is 4.79. The average molecular weight is 359 g/mol. The minimum atomic E-state index is -0.360. The number of anilines is 1. The number of carbonyl (C=O) groups is 1. The molecule has 4 nitrogen and oxygen atoms in total. The van der Waals surface area contributed by atoms with E-state index in [9.17, 15) is 4.79 Å². The Morgan fingerprint density at radius 1 is 1.47 bits per heavy atom. The molecule has 0 aliphatic heterocycles. The van der Waals surface area contributed by atoms with Gasteiger partial charge in [0.2, 0.25) is 0 Å². The monoisotopic (exact) mass is 357 g/mol. The summed E-state index contributed by atoms with van der Waals surface area (Å²) in [6.45, 7) is 0. The molecule has 2 aromatic rings. The maximum absolute atomic E-state index is 12.1. The van der Waals surface area contributed by atoms with Crippen LogP contribution in [0, 0.1) is 0 Å². The molecule has 0 aliphatic rings. The maximum Gasteiger partial charge on any atom is 0.275 e. The third kappa shape index (κ3) is 3.68. The topological polar surface area (TPSA) is 54.9 Å². The molecule has 0 unspecified atom stereocenters. The second kappa shape index (κ2) is 6.36. The molecule has 0 radical (unpaired) electrons. The normalized spacial score (nSPS) is 10.3. The number of amides is 1. The Balaban J connectivity index is 2.25. The van der Waals surface area contributed by atoms with E-state index >= 15 is 0 Å². The number of hydrogen-bond donors (Lipinski definition) is 1. The van der Waals surface area contributed by atoms with Crippen LogP contribution < -0.4 is 5.32 Å². The summed E-state index contributed by atoms with van der Waals surface area (Å²) >= 11 is 10.6. The first-order valence-electron chi connectivity index (χ1n) is 5.23. The Hall–Kier alpha value is -1.11. The van der Waals surface area contributed by atoms with Gasteiger partial charge in [-0.25, -0.2) is 9.97 Å². The minimum Gasteiger partial charge on any atom is -0.321 e. The third-order valence-electron chi connectivity index (χ3n) is 2.20. The van der Waals surface area contributed by atoms with Gasteiger partial charge in [-0.05, 0) is 24.5 Å². The number of aromatic nitrogens is 2. The maximum atomic E-state index is 12.1. The van der Waals surface area contributed by atoms with E-state index in [-0.39, 0.29) is 16.6 Å². The van der Waals surface area contributed by atoms with Gasteiger partial charge in [-0.1, -0.05) is 45.4 Å². The Labute approximate surface area is 128 Å². The van der Waals surface area contributed by atoms with E-state index in [2.05, 4.69) is 31.2 Å². The van der Waals surface area contributed by atoms with Gasteiger partial charge in [0.25, 0.3) is 5.91 Å². The summed E-state index contributed by atoms with van der Waals surface area (Å²) in [5.74, 6) is -0.360. The molecule has 7 heteroatoms. The molecule has 0 atom stereocenters. The van der Waals surface area contributed by atoms with Crippen molar-refractivity contribution in [2.75, 3.05) is 11.6 Å². The van der Waals surface area contributed by atoms with Crippen LogP contribution in [0.5, 0.6) is 0 Å². The summed E-state index contributed by atoms with van der Waals surface area (Å²) in [7, 11) is 0. The molecule has 0 saturated carbocycles. The van der Waals surface area contributed by atoms with Crippen LogP contribution in [0.1, 0.15) is 10.5 Å². The van der Waals surface area contributed by atoms with Crippen LogP contribution in [-0.2, 0) is 0 Å². The zero-order chi connectivity index (χ0) is 13.8. The van der Waals surface area contributed by atoms with E-state index in [1.54, 1.807) is 12.1 Å². The zero-order valence-electron chi connectivity index (χ0n) is 9.85. The first-order valence-corrected chi connectivity index (χ1v) is 7.63. The summed E-state index contributed by atoms with van der Waals surface area (Å²) in [5.41, 5.74) is 0.834. The highest BCUT2D eigenvalue weighted by Crippen LogP contribution is 2.20. The van der Waals surface area contributed by atoms with Crippen molar-refractivity contribution < 1.29 is 4.79 Å². The van der Waals surface area contributed by atoms with Gasteiger partial charge in [0.05, 0.1) is 11.2 Å². The highest BCUT2D eigenvalue weighted by molar-refractivity contribution is 9.10. The number of nitrogens with one attached hydrogen (secondary N) is 1. The second-order valence-corrected chi connectivity index (χ2v) is 5.61. The summed E-state index contributed by atoms with van der Waals surface area (Å²) in [5, 5.41) is 3.47. The highest BCUT2D eigenvalue weighted by Gasteiger charge is 2.14. The number of nitrogens with zero attached hydrogens (tertiary/aromatic N) is 2. The minimum absolute atomic E-state index is 0.168. The fourth-order valence-corrected chi connectivity index (χ4v) is 2.28. The molecular weight excluding hydrogens is 350 g/mol. The number of benzene rings is 1. The number of halogens is 2. The Morgan fingerprint density at radius 3 is 2.95 bits per heavy atom. The van der Waals surface area contributed by atoms with Crippen LogP contribution in [0.4, 0.5) is 5.69 Å². The first kappa shape index (κ1) is 14.3. The van der Waals surface area contributed by atoms with Crippen LogP contribution in [0.25, 0.3) is 0 Å². The van der Waals surface area contributed by atoms with Gasteiger partial charge < -0.3 is 5.32 Å². The molecular formula is C12H9BrClN3OS. The van der Waals surface area contributed by atoms with E-state index in [4.69, 9.17) is 11.6 Å². The molecule has 2 rings (SSSR count). The number of rotatable bonds is 3.